The van der Waals surface area contributed by atoms with E-state index in [2.05, 4.69) is 20.6 Å². The van der Waals surface area contributed by atoms with E-state index < -0.39 is 0 Å². The molecule has 0 amide bonds. The molecule has 4 nitrogen and oxygen atoms in total. The SMILES string of the molecule is Cc1cc(C)nc(NC(=S)NCc2ccc(F)cc2)n1. The summed E-state index contributed by atoms with van der Waals surface area (Å²) in [5.74, 6) is 0.220. The molecule has 1 aromatic carbocycles. The molecule has 0 fully saturated rings. The summed E-state index contributed by atoms with van der Waals surface area (Å²) >= 11 is 5.17. The highest BCUT2D eigenvalue weighted by Gasteiger charge is 2.02. The van der Waals surface area contributed by atoms with Crippen LogP contribution in [0.15, 0.2) is 30.3 Å². The first-order chi connectivity index (χ1) is 9.52. The summed E-state index contributed by atoms with van der Waals surface area (Å²) in [4.78, 5) is 8.48. The number of aromatic nitrogens is 2. The molecule has 0 atom stereocenters. The number of anilines is 1. The van der Waals surface area contributed by atoms with Crippen LogP contribution in [0.5, 0.6) is 0 Å². The first-order valence-corrected chi connectivity index (χ1v) is 6.55. The van der Waals surface area contributed by atoms with Crippen LogP contribution in [0, 0.1) is 19.7 Å². The van der Waals surface area contributed by atoms with Gasteiger partial charge in [0, 0.05) is 17.9 Å². The van der Waals surface area contributed by atoms with Crippen LogP contribution in [-0.4, -0.2) is 15.1 Å². The quantitative estimate of drug-likeness (QED) is 0.851. The van der Waals surface area contributed by atoms with Crippen LogP contribution < -0.4 is 10.6 Å². The second kappa shape index (κ2) is 6.38. The normalized spacial score (nSPS) is 10.2. The van der Waals surface area contributed by atoms with Crippen LogP contribution in [0.2, 0.25) is 0 Å². The van der Waals surface area contributed by atoms with Crippen molar-refractivity contribution in [2.45, 2.75) is 20.4 Å². The van der Waals surface area contributed by atoms with Gasteiger partial charge in [0.25, 0.3) is 0 Å². The van der Waals surface area contributed by atoms with Crippen molar-refractivity contribution in [2.24, 2.45) is 0 Å². The summed E-state index contributed by atoms with van der Waals surface area (Å²) in [5.41, 5.74) is 2.69. The Morgan fingerprint density at radius 3 is 2.35 bits per heavy atom. The third-order valence-electron chi connectivity index (χ3n) is 2.57. The Morgan fingerprint density at radius 1 is 1.15 bits per heavy atom. The van der Waals surface area contributed by atoms with Crippen LogP contribution in [0.25, 0.3) is 0 Å². The molecule has 0 saturated heterocycles. The van der Waals surface area contributed by atoms with E-state index in [0.717, 1.165) is 17.0 Å². The molecule has 0 aliphatic rings. The predicted octanol–water partition coefficient (Wildman–Crippen LogP) is 2.72. The van der Waals surface area contributed by atoms with Gasteiger partial charge in [0.2, 0.25) is 5.95 Å². The third-order valence-corrected chi connectivity index (χ3v) is 2.82. The van der Waals surface area contributed by atoms with Gasteiger partial charge in [0.1, 0.15) is 5.82 Å². The van der Waals surface area contributed by atoms with Gasteiger partial charge >= 0.3 is 0 Å². The zero-order chi connectivity index (χ0) is 14.5. The number of nitrogens with zero attached hydrogens (tertiary/aromatic N) is 2. The Morgan fingerprint density at radius 2 is 1.75 bits per heavy atom. The lowest BCUT2D eigenvalue weighted by molar-refractivity contribution is 0.627. The van der Waals surface area contributed by atoms with E-state index in [1.165, 1.54) is 12.1 Å². The average molecular weight is 290 g/mol. The molecule has 1 heterocycles. The number of aryl methyl sites for hydroxylation is 2. The second-order valence-electron chi connectivity index (χ2n) is 4.41. The van der Waals surface area contributed by atoms with Crippen LogP contribution in [0.1, 0.15) is 17.0 Å². The second-order valence-corrected chi connectivity index (χ2v) is 4.82. The molecule has 104 valence electrons. The van der Waals surface area contributed by atoms with Gasteiger partial charge in [-0.2, -0.15) is 0 Å². The number of thiocarbonyl (C=S) groups is 1. The van der Waals surface area contributed by atoms with Gasteiger partial charge in [0.15, 0.2) is 5.11 Å². The number of rotatable bonds is 3. The molecule has 1 aromatic heterocycles. The Bertz CT molecular complexity index is 593. The molecule has 0 unspecified atom stereocenters. The van der Waals surface area contributed by atoms with Gasteiger partial charge in [-0.25, -0.2) is 14.4 Å². The highest BCUT2D eigenvalue weighted by atomic mass is 32.1. The number of hydrogen-bond acceptors (Lipinski definition) is 3. The maximum absolute atomic E-state index is 12.8. The van der Waals surface area contributed by atoms with Gasteiger partial charge in [-0.1, -0.05) is 12.1 Å². The van der Waals surface area contributed by atoms with Crippen molar-refractivity contribution >= 4 is 23.3 Å². The van der Waals surface area contributed by atoms with Gasteiger partial charge in [-0.05, 0) is 49.8 Å². The fourth-order valence-electron chi connectivity index (χ4n) is 1.71. The van der Waals surface area contributed by atoms with Crippen molar-refractivity contribution in [2.75, 3.05) is 5.32 Å². The minimum atomic E-state index is -0.252. The molecular weight excluding hydrogens is 275 g/mol. The molecule has 0 radical (unpaired) electrons. The molecule has 0 spiro atoms. The van der Waals surface area contributed by atoms with Gasteiger partial charge in [0.05, 0.1) is 0 Å². The van der Waals surface area contributed by atoms with Gasteiger partial charge < -0.3 is 10.6 Å². The standard InChI is InChI=1S/C14H15FN4S/c1-9-7-10(2)18-13(17-9)19-14(20)16-8-11-3-5-12(15)6-4-11/h3-7H,8H2,1-2H3,(H2,16,17,18,19,20). The highest BCUT2D eigenvalue weighted by Crippen LogP contribution is 2.04. The summed E-state index contributed by atoms with van der Waals surface area (Å²) in [5, 5.41) is 6.38. The Labute approximate surface area is 122 Å². The molecule has 0 saturated carbocycles. The first kappa shape index (κ1) is 14.3. The molecule has 0 aliphatic heterocycles. The molecule has 20 heavy (non-hydrogen) atoms. The molecule has 0 bridgehead atoms. The monoisotopic (exact) mass is 290 g/mol. The molecule has 0 aliphatic carbocycles. The summed E-state index contributed by atoms with van der Waals surface area (Å²) < 4.78 is 12.8. The van der Waals surface area contributed by atoms with Crippen molar-refractivity contribution in [3.63, 3.8) is 0 Å². The molecule has 6 heteroatoms. The number of benzene rings is 1. The maximum atomic E-state index is 12.8. The molecular formula is C14H15FN4S. The van der Waals surface area contributed by atoms with Gasteiger partial charge in [-0.3, -0.25) is 0 Å². The van der Waals surface area contributed by atoms with E-state index in [-0.39, 0.29) is 5.82 Å². The lowest BCUT2D eigenvalue weighted by Gasteiger charge is -2.10. The zero-order valence-electron chi connectivity index (χ0n) is 11.3. The van der Waals surface area contributed by atoms with E-state index in [9.17, 15) is 4.39 Å². The average Bonchev–Trinajstić information content (AvgIpc) is 2.37. The fourth-order valence-corrected chi connectivity index (χ4v) is 1.88. The van der Waals surface area contributed by atoms with Crippen molar-refractivity contribution < 1.29 is 4.39 Å². The topological polar surface area (TPSA) is 49.8 Å². The maximum Gasteiger partial charge on any atom is 0.229 e. The largest absolute Gasteiger partial charge is 0.358 e. The van der Waals surface area contributed by atoms with Crippen molar-refractivity contribution in [3.05, 3.63) is 53.1 Å². The highest BCUT2D eigenvalue weighted by molar-refractivity contribution is 7.80. The molecule has 2 aromatic rings. The van der Waals surface area contributed by atoms with E-state index in [0.29, 0.717) is 17.6 Å². The van der Waals surface area contributed by atoms with Crippen molar-refractivity contribution in [1.82, 2.24) is 15.3 Å². The number of halogens is 1. The number of hydrogen-bond donors (Lipinski definition) is 2. The lowest BCUT2D eigenvalue weighted by Crippen LogP contribution is -2.28. The van der Waals surface area contributed by atoms with Crippen LogP contribution >= 0.6 is 12.2 Å². The first-order valence-electron chi connectivity index (χ1n) is 6.14. The van der Waals surface area contributed by atoms with E-state index in [1.807, 2.05) is 19.9 Å². The lowest BCUT2D eigenvalue weighted by atomic mass is 10.2. The predicted molar refractivity (Wildman–Crippen MR) is 81.0 cm³/mol. The fraction of sp³-hybridized carbons (Fsp3) is 0.214. The van der Waals surface area contributed by atoms with Crippen molar-refractivity contribution in [3.8, 4) is 0 Å². The number of nitrogens with one attached hydrogen (secondary N) is 2. The Hall–Kier alpha value is -2.08. The van der Waals surface area contributed by atoms with Crippen LogP contribution in [0.4, 0.5) is 10.3 Å². The summed E-state index contributed by atoms with van der Waals surface area (Å²) in [6.07, 6.45) is 0. The Kier molecular flexibility index (Phi) is 4.57. The minimum absolute atomic E-state index is 0.252. The minimum Gasteiger partial charge on any atom is -0.358 e. The van der Waals surface area contributed by atoms with Crippen molar-refractivity contribution in [1.29, 1.82) is 0 Å². The molecule has 2 rings (SSSR count). The third kappa shape index (κ3) is 4.24. The summed E-state index contributed by atoms with van der Waals surface area (Å²) in [7, 11) is 0. The van der Waals surface area contributed by atoms with E-state index in [1.54, 1.807) is 12.1 Å². The van der Waals surface area contributed by atoms with Crippen LogP contribution in [-0.2, 0) is 6.54 Å². The van der Waals surface area contributed by atoms with E-state index in [4.69, 9.17) is 12.2 Å². The molecule has 2 N–H and O–H groups in total. The Balaban J connectivity index is 1.90. The summed E-state index contributed by atoms with van der Waals surface area (Å²) in [6.45, 7) is 4.31. The van der Waals surface area contributed by atoms with Gasteiger partial charge in [-0.15, -0.1) is 0 Å². The van der Waals surface area contributed by atoms with Crippen LogP contribution in [0.3, 0.4) is 0 Å². The zero-order valence-corrected chi connectivity index (χ0v) is 12.1. The smallest absolute Gasteiger partial charge is 0.229 e. The summed E-state index contributed by atoms with van der Waals surface area (Å²) in [6, 6.07) is 8.14. The van der Waals surface area contributed by atoms with E-state index >= 15 is 0 Å².